The summed E-state index contributed by atoms with van der Waals surface area (Å²) in [4.78, 5) is 37.7. The summed E-state index contributed by atoms with van der Waals surface area (Å²) < 4.78 is 28.7. The van der Waals surface area contributed by atoms with E-state index in [2.05, 4.69) is 11.9 Å². The Kier molecular flexibility index (Phi) is 10.2. The number of hydrogen-bond donors (Lipinski definition) is 1. The van der Waals surface area contributed by atoms with Crippen LogP contribution in [0.5, 0.6) is 0 Å². The topological polar surface area (TPSA) is 117 Å². The molecule has 10 heteroatoms. The minimum atomic E-state index is -1.03. The zero-order valence-corrected chi connectivity index (χ0v) is 17.1. The van der Waals surface area contributed by atoms with Gasteiger partial charge in [-0.15, -0.1) is 0 Å². The minimum Gasteiger partial charge on any atom is -0.459 e. The number of esters is 2. The van der Waals surface area contributed by atoms with Gasteiger partial charge in [0.25, 0.3) is 0 Å². The van der Waals surface area contributed by atoms with Gasteiger partial charge in [-0.1, -0.05) is 0 Å². The number of halogens is 1. The Morgan fingerprint density at radius 1 is 1.24 bits per heavy atom. The molecule has 4 unspecified atom stereocenters. The molecule has 0 aliphatic carbocycles. The van der Waals surface area contributed by atoms with Crippen molar-refractivity contribution in [2.24, 2.45) is 10.7 Å². The van der Waals surface area contributed by atoms with Crippen LogP contribution in [0, 0.1) is 6.92 Å². The van der Waals surface area contributed by atoms with E-state index in [1.54, 1.807) is 0 Å². The van der Waals surface area contributed by atoms with Gasteiger partial charge in [0.2, 0.25) is 5.91 Å². The molecule has 4 atom stereocenters. The van der Waals surface area contributed by atoms with E-state index in [9.17, 15) is 18.8 Å². The average Bonchev–Trinajstić information content (AvgIpc) is 2.73. The largest absolute Gasteiger partial charge is 0.459 e. The third-order valence-corrected chi connectivity index (χ3v) is 3.13. The molecule has 1 aliphatic heterocycles. The summed E-state index contributed by atoms with van der Waals surface area (Å²) in [6.07, 6.45) is -3.07. The smallest absolute Gasteiger partial charge is 0.303 e. The van der Waals surface area contributed by atoms with Crippen molar-refractivity contribution in [1.82, 2.24) is 0 Å². The summed E-state index contributed by atoms with van der Waals surface area (Å²) in [7, 11) is 0. The second kappa shape index (κ2) is 10.7. The molecule has 0 aromatic carbocycles. The number of ether oxygens (including phenoxy) is 3. The molecule has 1 rings (SSSR count). The molecule has 1 radical (unpaired) electrons. The summed E-state index contributed by atoms with van der Waals surface area (Å²) in [6, 6.07) is 0. The van der Waals surface area contributed by atoms with Gasteiger partial charge in [-0.25, -0.2) is 4.39 Å². The standard InChI is InChI=1S/C15H20FN2O6.Y/c1-5-10(16)15(17)18-12(21)6-11-14(24-9(4)20)13(7(2)22-11)23-8(3)19;/h5,7,11,13-14H,2,6H2,1,3-4H3,(H2,17,18,21);/q-1;/b10-5+;. The van der Waals surface area contributed by atoms with Crippen LogP contribution in [-0.2, 0) is 61.3 Å². The number of amides is 1. The summed E-state index contributed by atoms with van der Waals surface area (Å²) in [5, 5.41) is 0. The van der Waals surface area contributed by atoms with Crippen LogP contribution in [0.3, 0.4) is 0 Å². The van der Waals surface area contributed by atoms with E-state index in [4.69, 9.17) is 19.9 Å². The first-order valence-corrected chi connectivity index (χ1v) is 7.17. The summed E-state index contributed by atoms with van der Waals surface area (Å²) >= 11 is 0. The van der Waals surface area contributed by atoms with Gasteiger partial charge in [-0.05, 0) is 19.1 Å². The van der Waals surface area contributed by atoms with Crippen molar-refractivity contribution in [3.8, 4) is 0 Å². The fourth-order valence-electron chi connectivity index (χ4n) is 2.19. The van der Waals surface area contributed by atoms with Gasteiger partial charge in [0.1, 0.15) is 12.2 Å². The first kappa shape index (κ1) is 23.8. The second-order valence-corrected chi connectivity index (χ2v) is 5.09. The van der Waals surface area contributed by atoms with Crippen LogP contribution in [0.15, 0.2) is 16.9 Å². The predicted octanol–water partition coefficient (Wildman–Crippen LogP) is 0.596. The molecular formula is C15H20FN2O6Y-. The molecule has 1 heterocycles. The summed E-state index contributed by atoms with van der Waals surface area (Å²) in [6.45, 7) is 7.40. The molecule has 0 aromatic rings. The van der Waals surface area contributed by atoms with Crippen LogP contribution in [0.2, 0.25) is 0 Å². The van der Waals surface area contributed by atoms with Crippen LogP contribution >= 0.6 is 0 Å². The van der Waals surface area contributed by atoms with Gasteiger partial charge in [-0.3, -0.25) is 14.4 Å². The Balaban J connectivity index is 0.00000576. The van der Waals surface area contributed by atoms with Crippen molar-refractivity contribution >= 4 is 23.7 Å². The molecule has 0 aromatic heterocycles. The quantitative estimate of drug-likeness (QED) is 0.293. The predicted molar refractivity (Wildman–Crippen MR) is 81.2 cm³/mol. The van der Waals surface area contributed by atoms with E-state index < -0.39 is 53.9 Å². The number of nitrogens with zero attached hydrogens (tertiary/aromatic N) is 1. The van der Waals surface area contributed by atoms with Gasteiger partial charge >= 0.3 is 11.9 Å². The van der Waals surface area contributed by atoms with Crippen LogP contribution in [0.25, 0.3) is 0 Å². The number of carbonyl (C=O) groups is 3. The zero-order valence-electron chi connectivity index (χ0n) is 14.2. The fourth-order valence-corrected chi connectivity index (χ4v) is 2.19. The third kappa shape index (κ3) is 7.29. The molecule has 2 N–H and O–H groups in total. The number of amidine groups is 1. The molecule has 0 bridgehead atoms. The molecule has 1 saturated heterocycles. The first-order chi connectivity index (χ1) is 11.1. The number of carbonyl (C=O) groups excluding carboxylic acids is 3. The first-order valence-electron chi connectivity index (χ1n) is 7.17. The fraction of sp³-hybridized carbons (Fsp3) is 0.533. The van der Waals surface area contributed by atoms with E-state index in [0.29, 0.717) is 0 Å². The number of nitrogens with two attached hydrogens (primary N) is 1. The number of aliphatic imine (C=N–C) groups is 1. The summed E-state index contributed by atoms with van der Waals surface area (Å²) in [5.41, 5.74) is 5.32. The van der Waals surface area contributed by atoms with Gasteiger partial charge in [0.05, 0.1) is 6.42 Å². The van der Waals surface area contributed by atoms with E-state index >= 15 is 0 Å². The van der Waals surface area contributed by atoms with Gasteiger partial charge < -0.3 is 26.9 Å². The molecule has 8 nitrogen and oxygen atoms in total. The maximum absolute atomic E-state index is 13.2. The molecule has 0 spiro atoms. The van der Waals surface area contributed by atoms with Crippen molar-refractivity contribution in [2.75, 3.05) is 0 Å². The van der Waals surface area contributed by atoms with Gasteiger partial charge in [-0.2, -0.15) is 4.99 Å². The van der Waals surface area contributed by atoms with Crippen molar-refractivity contribution in [3.63, 3.8) is 0 Å². The SMILES string of the molecule is [CH2-]C1OC(CC(=O)N=C(N)/C(F)=C\C)C(OC(C)=O)C1OC(C)=O.[Y]. The van der Waals surface area contributed by atoms with E-state index in [-0.39, 0.29) is 39.1 Å². The van der Waals surface area contributed by atoms with Crippen molar-refractivity contribution in [3.05, 3.63) is 18.8 Å². The van der Waals surface area contributed by atoms with Crippen molar-refractivity contribution in [2.45, 2.75) is 51.6 Å². The van der Waals surface area contributed by atoms with Crippen molar-refractivity contribution in [1.29, 1.82) is 0 Å². The zero-order chi connectivity index (χ0) is 18.4. The summed E-state index contributed by atoms with van der Waals surface area (Å²) in [5.74, 6) is -3.43. The number of allylic oxidation sites excluding steroid dienone is 1. The number of hydrogen-bond acceptors (Lipinski definition) is 6. The molecule has 1 fully saturated rings. The maximum Gasteiger partial charge on any atom is 0.303 e. The van der Waals surface area contributed by atoms with E-state index in [1.165, 1.54) is 13.8 Å². The molecule has 1 amide bonds. The van der Waals surface area contributed by atoms with E-state index in [0.717, 1.165) is 13.0 Å². The Bertz CT molecular complexity index is 580. The molecular weight excluding hydrogens is 412 g/mol. The van der Waals surface area contributed by atoms with Crippen molar-refractivity contribution < 1.29 is 65.7 Å². The Hall–Kier alpha value is -1.19. The maximum atomic E-state index is 13.2. The van der Waals surface area contributed by atoms with Crippen LogP contribution < -0.4 is 5.73 Å². The average molecular weight is 432 g/mol. The Morgan fingerprint density at radius 3 is 2.24 bits per heavy atom. The Labute approximate surface area is 170 Å². The van der Waals surface area contributed by atoms with Gasteiger partial charge in [0, 0.05) is 46.6 Å². The van der Waals surface area contributed by atoms with E-state index in [1.807, 2.05) is 0 Å². The normalized spacial score (nSPS) is 26.6. The van der Waals surface area contributed by atoms with Crippen LogP contribution in [0.4, 0.5) is 4.39 Å². The second-order valence-electron chi connectivity index (χ2n) is 5.09. The molecule has 1 aliphatic rings. The number of rotatable bonds is 5. The van der Waals surface area contributed by atoms with Crippen LogP contribution in [0.1, 0.15) is 27.2 Å². The third-order valence-electron chi connectivity index (χ3n) is 3.13. The molecule has 25 heavy (non-hydrogen) atoms. The minimum absolute atomic E-state index is 0. The van der Waals surface area contributed by atoms with Gasteiger partial charge in [0.15, 0.2) is 17.8 Å². The monoisotopic (exact) mass is 432 g/mol. The molecule has 137 valence electrons. The van der Waals surface area contributed by atoms with Crippen LogP contribution in [-0.4, -0.2) is 48.1 Å². The molecule has 0 saturated carbocycles. The Morgan fingerprint density at radius 2 is 1.76 bits per heavy atom.